The number of nitrogens with zero attached hydrogens (tertiary/aromatic N) is 2. The average Bonchev–Trinajstić information content (AvgIpc) is 2.35. The molecule has 1 unspecified atom stereocenters. The molecule has 0 aromatic heterocycles. The van der Waals surface area contributed by atoms with E-state index in [-0.39, 0.29) is 11.8 Å². The van der Waals surface area contributed by atoms with Crippen LogP contribution < -0.4 is 5.73 Å². The average molecular weight is 241 g/mol. The summed E-state index contributed by atoms with van der Waals surface area (Å²) in [6.07, 6.45) is 1.94. The number of amides is 1. The van der Waals surface area contributed by atoms with Gasteiger partial charge >= 0.3 is 0 Å². The van der Waals surface area contributed by atoms with Crippen LogP contribution in [0.5, 0.6) is 0 Å². The minimum absolute atomic E-state index is 0.0330. The van der Waals surface area contributed by atoms with Gasteiger partial charge in [-0.3, -0.25) is 9.69 Å². The maximum absolute atomic E-state index is 12.2. The molecule has 100 valence electrons. The zero-order valence-electron chi connectivity index (χ0n) is 11.5. The number of carbonyl (C=O) groups excluding carboxylic acids is 1. The van der Waals surface area contributed by atoms with Gasteiger partial charge in [0.25, 0.3) is 0 Å². The van der Waals surface area contributed by atoms with Crippen LogP contribution in [0.2, 0.25) is 0 Å². The van der Waals surface area contributed by atoms with Crippen LogP contribution in [0.4, 0.5) is 0 Å². The van der Waals surface area contributed by atoms with E-state index in [2.05, 4.69) is 25.7 Å². The lowest BCUT2D eigenvalue weighted by Crippen LogP contribution is -2.52. The van der Waals surface area contributed by atoms with Crippen molar-refractivity contribution >= 4 is 5.91 Å². The third-order valence-electron chi connectivity index (χ3n) is 3.63. The van der Waals surface area contributed by atoms with Gasteiger partial charge in [0.1, 0.15) is 0 Å². The van der Waals surface area contributed by atoms with Crippen LogP contribution in [0.1, 0.15) is 33.6 Å². The summed E-state index contributed by atoms with van der Waals surface area (Å²) < 4.78 is 0. The molecule has 17 heavy (non-hydrogen) atoms. The molecule has 1 heterocycles. The number of nitrogens with two attached hydrogens (primary N) is 1. The molecule has 0 saturated carbocycles. The number of carbonyl (C=O) groups is 1. The molecule has 1 atom stereocenters. The lowest BCUT2D eigenvalue weighted by atomic mass is 10.0. The SMILES string of the molecule is CCCC(CN)C(=O)N1CCN(C(C)C)CC1. The van der Waals surface area contributed by atoms with Crippen molar-refractivity contribution in [1.29, 1.82) is 0 Å². The van der Waals surface area contributed by atoms with Crippen LogP contribution in [-0.4, -0.2) is 54.5 Å². The monoisotopic (exact) mass is 241 g/mol. The molecule has 1 saturated heterocycles. The molecule has 0 aromatic carbocycles. The summed E-state index contributed by atoms with van der Waals surface area (Å²) in [7, 11) is 0. The molecule has 0 aliphatic carbocycles. The zero-order chi connectivity index (χ0) is 12.8. The zero-order valence-corrected chi connectivity index (χ0v) is 11.5. The van der Waals surface area contributed by atoms with Gasteiger partial charge in [-0.15, -0.1) is 0 Å². The van der Waals surface area contributed by atoms with Crippen LogP contribution in [0, 0.1) is 5.92 Å². The second kappa shape index (κ2) is 6.97. The summed E-state index contributed by atoms with van der Waals surface area (Å²) >= 11 is 0. The number of piperazine rings is 1. The highest BCUT2D eigenvalue weighted by atomic mass is 16.2. The van der Waals surface area contributed by atoms with E-state index in [1.165, 1.54) is 0 Å². The van der Waals surface area contributed by atoms with Crippen molar-refractivity contribution in [3.05, 3.63) is 0 Å². The maximum atomic E-state index is 12.2. The van der Waals surface area contributed by atoms with Crippen molar-refractivity contribution < 1.29 is 4.79 Å². The third kappa shape index (κ3) is 3.96. The summed E-state index contributed by atoms with van der Waals surface area (Å²) in [5.41, 5.74) is 5.68. The second-order valence-corrected chi connectivity index (χ2v) is 5.18. The molecule has 2 N–H and O–H groups in total. The molecule has 1 fully saturated rings. The van der Waals surface area contributed by atoms with Crippen molar-refractivity contribution in [1.82, 2.24) is 9.80 Å². The quantitative estimate of drug-likeness (QED) is 0.778. The Morgan fingerprint density at radius 3 is 2.24 bits per heavy atom. The van der Waals surface area contributed by atoms with Crippen molar-refractivity contribution in [2.75, 3.05) is 32.7 Å². The second-order valence-electron chi connectivity index (χ2n) is 5.18. The normalized spacial score (nSPS) is 19.7. The highest BCUT2D eigenvalue weighted by Gasteiger charge is 2.26. The van der Waals surface area contributed by atoms with E-state index < -0.39 is 0 Å². The standard InChI is InChI=1S/C13H27N3O/c1-4-5-12(10-14)13(17)16-8-6-15(7-9-16)11(2)3/h11-12H,4-10,14H2,1-3H3. The van der Waals surface area contributed by atoms with Crippen LogP contribution in [0.3, 0.4) is 0 Å². The number of hydrogen-bond donors (Lipinski definition) is 1. The Balaban J connectivity index is 2.44. The molecule has 1 aliphatic heterocycles. The van der Waals surface area contributed by atoms with Gasteiger partial charge in [0.2, 0.25) is 5.91 Å². The van der Waals surface area contributed by atoms with E-state index in [1.807, 2.05) is 4.90 Å². The highest BCUT2D eigenvalue weighted by molar-refractivity contribution is 5.79. The van der Waals surface area contributed by atoms with E-state index in [1.54, 1.807) is 0 Å². The molecule has 0 spiro atoms. The van der Waals surface area contributed by atoms with E-state index >= 15 is 0 Å². The summed E-state index contributed by atoms with van der Waals surface area (Å²) in [4.78, 5) is 16.6. The van der Waals surface area contributed by atoms with E-state index in [0.29, 0.717) is 12.6 Å². The molecule has 4 nitrogen and oxygen atoms in total. The Labute approximate surface area is 105 Å². The predicted molar refractivity (Wildman–Crippen MR) is 70.7 cm³/mol. The fraction of sp³-hybridized carbons (Fsp3) is 0.923. The van der Waals surface area contributed by atoms with Crippen LogP contribution in [0.25, 0.3) is 0 Å². The summed E-state index contributed by atoms with van der Waals surface area (Å²) in [6.45, 7) is 10.7. The molecule has 0 bridgehead atoms. The van der Waals surface area contributed by atoms with E-state index in [0.717, 1.165) is 39.0 Å². The van der Waals surface area contributed by atoms with Crippen LogP contribution in [0.15, 0.2) is 0 Å². The van der Waals surface area contributed by atoms with Crippen molar-refractivity contribution in [2.45, 2.75) is 39.7 Å². The van der Waals surface area contributed by atoms with Gasteiger partial charge in [0, 0.05) is 38.8 Å². The lowest BCUT2D eigenvalue weighted by molar-refractivity contribution is -0.137. The number of rotatable bonds is 5. The first-order valence-electron chi connectivity index (χ1n) is 6.83. The lowest BCUT2D eigenvalue weighted by Gasteiger charge is -2.38. The molecule has 4 heteroatoms. The molecule has 1 aliphatic rings. The van der Waals surface area contributed by atoms with E-state index in [9.17, 15) is 4.79 Å². The topological polar surface area (TPSA) is 49.6 Å². The Hall–Kier alpha value is -0.610. The van der Waals surface area contributed by atoms with Gasteiger partial charge in [0.15, 0.2) is 0 Å². The largest absolute Gasteiger partial charge is 0.340 e. The van der Waals surface area contributed by atoms with Crippen molar-refractivity contribution in [3.8, 4) is 0 Å². The first-order chi connectivity index (χ1) is 8.10. The van der Waals surface area contributed by atoms with Gasteiger partial charge in [-0.05, 0) is 20.3 Å². The fourth-order valence-electron chi connectivity index (χ4n) is 2.41. The summed E-state index contributed by atoms with van der Waals surface area (Å²) in [5.74, 6) is 0.295. The van der Waals surface area contributed by atoms with Gasteiger partial charge in [-0.25, -0.2) is 0 Å². The smallest absolute Gasteiger partial charge is 0.227 e. The molecule has 0 aromatic rings. The first-order valence-corrected chi connectivity index (χ1v) is 6.83. The molecular formula is C13H27N3O. The molecule has 1 rings (SSSR count). The Morgan fingerprint density at radius 1 is 1.24 bits per heavy atom. The first kappa shape index (κ1) is 14.5. The summed E-state index contributed by atoms with van der Waals surface area (Å²) in [6, 6.07) is 0.577. The minimum Gasteiger partial charge on any atom is -0.340 e. The summed E-state index contributed by atoms with van der Waals surface area (Å²) in [5, 5.41) is 0. The third-order valence-corrected chi connectivity index (χ3v) is 3.63. The van der Waals surface area contributed by atoms with Crippen molar-refractivity contribution in [3.63, 3.8) is 0 Å². The highest BCUT2D eigenvalue weighted by Crippen LogP contribution is 2.12. The molecular weight excluding hydrogens is 214 g/mol. The molecule has 0 radical (unpaired) electrons. The Kier molecular flexibility index (Phi) is 5.92. The number of hydrogen-bond acceptors (Lipinski definition) is 3. The van der Waals surface area contributed by atoms with Gasteiger partial charge in [0.05, 0.1) is 5.92 Å². The maximum Gasteiger partial charge on any atom is 0.227 e. The van der Waals surface area contributed by atoms with Crippen LogP contribution in [-0.2, 0) is 4.79 Å². The van der Waals surface area contributed by atoms with Gasteiger partial charge in [-0.2, -0.15) is 0 Å². The van der Waals surface area contributed by atoms with E-state index in [4.69, 9.17) is 5.73 Å². The fourth-order valence-corrected chi connectivity index (χ4v) is 2.41. The van der Waals surface area contributed by atoms with Gasteiger partial charge < -0.3 is 10.6 Å². The van der Waals surface area contributed by atoms with Crippen molar-refractivity contribution in [2.24, 2.45) is 11.7 Å². The minimum atomic E-state index is 0.0330. The Bertz CT molecular complexity index is 235. The Morgan fingerprint density at radius 2 is 1.82 bits per heavy atom. The van der Waals surface area contributed by atoms with Gasteiger partial charge in [-0.1, -0.05) is 13.3 Å². The molecule has 1 amide bonds. The van der Waals surface area contributed by atoms with Crippen LogP contribution >= 0.6 is 0 Å². The predicted octanol–water partition coefficient (Wildman–Crippen LogP) is 0.914.